The highest BCUT2D eigenvalue weighted by Gasteiger charge is 2.36. The highest BCUT2D eigenvalue weighted by molar-refractivity contribution is 5.94. The van der Waals surface area contributed by atoms with Gasteiger partial charge in [0.2, 0.25) is 0 Å². The van der Waals surface area contributed by atoms with Crippen LogP contribution in [0.25, 0.3) is 0 Å². The van der Waals surface area contributed by atoms with Crippen LogP contribution >= 0.6 is 0 Å². The van der Waals surface area contributed by atoms with Crippen LogP contribution in [0.3, 0.4) is 0 Å². The van der Waals surface area contributed by atoms with Crippen LogP contribution in [0, 0.1) is 6.92 Å². The van der Waals surface area contributed by atoms with Gasteiger partial charge in [-0.2, -0.15) is 13.2 Å². The normalized spacial score (nSPS) is 11.1. The number of esters is 2. The summed E-state index contributed by atoms with van der Waals surface area (Å²) in [7, 11) is 0. The van der Waals surface area contributed by atoms with Gasteiger partial charge in [0.15, 0.2) is 0 Å². The Hall–Kier alpha value is -4.01. The molecule has 0 aliphatic heterocycles. The fraction of sp³-hybridized carbons (Fsp3) is 0.0909. The van der Waals surface area contributed by atoms with Gasteiger partial charge in [0.25, 0.3) is 0 Å². The van der Waals surface area contributed by atoms with E-state index in [9.17, 15) is 22.8 Å². The van der Waals surface area contributed by atoms with Crippen molar-refractivity contribution in [1.29, 1.82) is 0 Å². The topological polar surface area (TPSA) is 105 Å². The summed E-state index contributed by atoms with van der Waals surface area (Å²) >= 11 is 0. The number of anilines is 2. The number of hydrogen-bond acceptors (Lipinski definition) is 6. The minimum atomic E-state index is -4.79. The number of hydrogen-bond donors (Lipinski definition) is 2. The smallest absolute Gasteiger partial charge is 0.417 e. The predicted molar refractivity (Wildman–Crippen MR) is 108 cm³/mol. The molecule has 0 atom stereocenters. The molecule has 0 aliphatic rings. The molecule has 0 aromatic heterocycles. The van der Waals surface area contributed by atoms with E-state index in [0.29, 0.717) is 17.3 Å². The maximum absolute atomic E-state index is 13.2. The molecule has 0 unspecified atom stereocenters. The largest absolute Gasteiger partial charge is 0.423 e. The number of carbonyl (C=O) groups excluding carboxylic acids is 2. The van der Waals surface area contributed by atoms with Crippen LogP contribution < -0.4 is 20.9 Å². The molecule has 3 aromatic carbocycles. The molecule has 0 bridgehead atoms. The summed E-state index contributed by atoms with van der Waals surface area (Å²) < 4.78 is 50.0. The number of rotatable bonds is 4. The Morgan fingerprint density at radius 1 is 0.774 bits per heavy atom. The zero-order valence-electron chi connectivity index (χ0n) is 16.2. The first-order valence-corrected chi connectivity index (χ1v) is 8.92. The molecule has 3 aromatic rings. The van der Waals surface area contributed by atoms with Crippen molar-refractivity contribution in [2.75, 3.05) is 11.5 Å². The summed E-state index contributed by atoms with van der Waals surface area (Å²) in [6.45, 7) is 1.69. The molecule has 0 radical (unpaired) electrons. The quantitative estimate of drug-likeness (QED) is 0.356. The van der Waals surface area contributed by atoms with E-state index in [4.69, 9.17) is 20.9 Å². The molecule has 0 amide bonds. The van der Waals surface area contributed by atoms with Gasteiger partial charge >= 0.3 is 18.1 Å². The Bertz CT molecular complexity index is 1160. The number of ether oxygens (including phenoxy) is 2. The van der Waals surface area contributed by atoms with Gasteiger partial charge in [-0.3, -0.25) is 0 Å². The van der Waals surface area contributed by atoms with Crippen molar-refractivity contribution in [1.82, 2.24) is 0 Å². The highest BCUT2D eigenvalue weighted by atomic mass is 19.4. The Morgan fingerprint density at radius 2 is 1.29 bits per heavy atom. The van der Waals surface area contributed by atoms with Crippen molar-refractivity contribution in [3.63, 3.8) is 0 Å². The van der Waals surface area contributed by atoms with Crippen molar-refractivity contribution >= 4 is 23.3 Å². The molecule has 0 saturated carbocycles. The first-order chi connectivity index (χ1) is 14.5. The second-order valence-electron chi connectivity index (χ2n) is 6.63. The highest BCUT2D eigenvalue weighted by Crippen LogP contribution is 2.34. The average Bonchev–Trinajstić information content (AvgIpc) is 2.67. The zero-order chi connectivity index (χ0) is 22.8. The van der Waals surface area contributed by atoms with Crippen LogP contribution in [-0.2, 0) is 6.18 Å². The molecule has 160 valence electrons. The second-order valence-corrected chi connectivity index (χ2v) is 6.63. The van der Waals surface area contributed by atoms with E-state index in [1.807, 2.05) is 0 Å². The zero-order valence-corrected chi connectivity index (χ0v) is 16.2. The van der Waals surface area contributed by atoms with Crippen LogP contribution in [-0.4, -0.2) is 11.9 Å². The number of halogens is 3. The summed E-state index contributed by atoms with van der Waals surface area (Å²) in [5.41, 5.74) is 10.4. The van der Waals surface area contributed by atoms with E-state index in [2.05, 4.69) is 0 Å². The molecular formula is C22H17F3N2O4. The monoisotopic (exact) mass is 430 g/mol. The van der Waals surface area contributed by atoms with Gasteiger partial charge in [0.05, 0.1) is 16.7 Å². The van der Waals surface area contributed by atoms with E-state index in [1.165, 1.54) is 36.4 Å². The van der Waals surface area contributed by atoms with Gasteiger partial charge in [0.1, 0.15) is 11.5 Å². The molecule has 4 N–H and O–H groups in total. The van der Waals surface area contributed by atoms with Crippen LogP contribution in [0.4, 0.5) is 24.5 Å². The molecule has 0 spiro atoms. The number of benzene rings is 3. The molecule has 9 heteroatoms. The maximum Gasteiger partial charge on any atom is 0.417 e. The van der Waals surface area contributed by atoms with Crippen molar-refractivity contribution in [3.8, 4) is 11.5 Å². The van der Waals surface area contributed by atoms with E-state index in [1.54, 1.807) is 19.1 Å². The van der Waals surface area contributed by atoms with Gasteiger partial charge in [-0.05, 0) is 61.0 Å². The standard InChI is InChI=1S/C22H17F3N2O4/c1-12-9-13(26)5-7-17(12)20(28)30-15-3-2-4-16(11-15)31-21(29)18-8-6-14(27)10-19(18)22(23,24)25/h2-11H,26-27H2,1H3. The molecular weight excluding hydrogens is 413 g/mol. The number of nitrogens with two attached hydrogens (primary N) is 2. The third kappa shape index (κ3) is 5.13. The first-order valence-electron chi connectivity index (χ1n) is 8.92. The average molecular weight is 430 g/mol. The van der Waals surface area contributed by atoms with Crippen molar-refractivity contribution in [2.24, 2.45) is 0 Å². The molecule has 0 aliphatic carbocycles. The number of nitrogen functional groups attached to an aromatic ring is 2. The third-order valence-corrected chi connectivity index (χ3v) is 4.27. The molecule has 0 heterocycles. The fourth-order valence-electron chi connectivity index (χ4n) is 2.82. The summed E-state index contributed by atoms with van der Waals surface area (Å²) in [6.07, 6.45) is -4.79. The van der Waals surface area contributed by atoms with Gasteiger partial charge in [-0.25, -0.2) is 9.59 Å². The van der Waals surface area contributed by atoms with Crippen LogP contribution in [0.1, 0.15) is 31.8 Å². The van der Waals surface area contributed by atoms with E-state index >= 15 is 0 Å². The van der Waals surface area contributed by atoms with Crippen molar-refractivity contribution in [3.05, 3.63) is 82.9 Å². The molecule has 0 fully saturated rings. The SMILES string of the molecule is Cc1cc(N)ccc1C(=O)Oc1cccc(OC(=O)c2ccc(N)cc2C(F)(F)F)c1. The predicted octanol–water partition coefficient (Wildman–Crippen LogP) is 4.62. The maximum atomic E-state index is 13.2. The minimum absolute atomic E-state index is 0.0416. The molecule has 6 nitrogen and oxygen atoms in total. The molecule has 3 rings (SSSR count). The lowest BCUT2D eigenvalue weighted by Gasteiger charge is -2.13. The summed E-state index contributed by atoms with van der Waals surface area (Å²) in [5.74, 6) is -1.96. The summed E-state index contributed by atoms with van der Waals surface area (Å²) in [6, 6.07) is 12.8. The Balaban J connectivity index is 1.80. The van der Waals surface area contributed by atoms with E-state index in [0.717, 1.165) is 6.07 Å². The lowest BCUT2D eigenvalue weighted by Crippen LogP contribution is -2.17. The Morgan fingerprint density at radius 3 is 1.84 bits per heavy atom. The van der Waals surface area contributed by atoms with Crippen molar-refractivity contribution < 1.29 is 32.2 Å². The fourth-order valence-corrected chi connectivity index (χ4v) is 2.82. The number of alkyl halides is 3. The van der Waals surface area contributed by atoms with E-state index < -0.39 is 29.2 Å². The Labute approximate surface area is 175 Å². The van der Waals surface area contributed by atoms with Gasteiger partial charge in [0, 0.05) is 17.4 Å². The lowest BCUT2D eigenvalue weighted by atomic mass is 10.1. The van der Waals surface area contributed by atoms with Crippen molar-refractivity contribution in [2.45, 2.75) is 13.1 Å². The van der Waals surface area contributed by atoms with Crippen LogP contribution in [0.15, 0.2) is 60.7 Å². The first kappa shape index (κ1) is 21.7. The Kier molecular flexibility index (Phi) is 5.87. The van der Waals surface area contributed by atoms with Gasteiger partial charge in [-0.15, -0.1) is 0 Å². The number of carbonyl (C=O) groups is 2. The summed E-state index contributed by atoms with van der Waals surface area (Å²) in [5, 5.41) is 0. The van der Waals surface area contributed by atoms with Gasteiger partial charge in [-0.1, -0.05) is 6.07 Å². The summed E-state index contributed by atoms with van der Waals surface area (Å²) in [4.78, 5) is 24.7. The van der Waals surface area contributed by atoms with Crippen LogP contribution in [0.2, 0.25) is 0 Å². The van der Waals surface area contributed by atoms with Gasteiger partial charge < -0.3 is 20.9 Å². The molecule has 0 saturated heterocycles. The van der Waals surface area contributed by atoms with Crippen LogP contribution in [0.5, 0.6) is 11.5 Å². The number of aryl methyl sites for hydroxylation is 1. The lowest BCUT2D eigenvalue weighted by molar-refractivity contribution is -0.138. The van der Waals surface area contributed by atoms with E-state index in [-0.39, 0.29) is 22.7 Å². The minimum Gasteiger partial charge on any atom is -0.423 e. The second kappa shape index (κ2) is 8.39. The third-order valence-electron chi connectivity index (χ3n) is 4.27. The molecule has 31 heavy (non-hydrogen) atoms.